The largest absolute Gasteiger partial charge is 0.371 e. The van der Waals surface area contributed by atoms with Crippen LogP contribution in [-0.4, -0.2) is 19.6 Å². The third-order valence-corrected chi connectivity index (χ3v) is 3.47. The van der Waals surface area contributed by atoms with E-state index >= 15 is 0 Å². The number of halogens is 1. The zero-order valence-corrected chi connectivity index (χ0v) is 11.3. The van der Waals surface area contributed by atoms with E-state index in [2.05, 4.69) is 29.3 Å². The molecule has 0 aliphatic carbocycles. The van der Waals surface area contributed by atoms with E-state index in [1.165, 1.54) is 43.6 Å². The Balaban J connectivity index is 2.12. The molecule has 1 aliphatic rings. The average molecular weight is 253 g/mol. The number of nitrogens with one attached hydrogen (secondary N) is 1. The minimum atomic E-state index is 0.834. The lowest BCUT2D eigenvalue weighted by Crippen LogP contribution is -2.22. The van der Waals surface area contributed by atoms with E-state index in [9.17, 15) is 0 Å². The Hall–Kier alpha value is -0.730. The third-order valence-electron chi connectivity index (χ3n) is 3.23. The van der Waals surface area contributed by atoms with Gasteiger partial charge in [-0.05, 0) is 49.6 Å². The van der Waals surface area contributed by atoms with Crippen molar-refractivity contribution in [2.45, 2.75) is 32.7 Å². The van der Waals surface area contributed by atoms with Gasteiger partial charge in [-0.3, -0.25) is 0 Å². The summed E-state index contributed by atoms with van der Waals surface area (Å²) in [6.45, 7) is 6.53. The van der Waals surface area contributed by atoms with Crippen LogP contribution in [0.3, 0.4) is 0 Å². The first kappa shape index (κ1) is 12.7. The van der Waals surface area contributed by atoms with Gasteiger partial charge in [-0.2, -0.15) is 0 Å². The van der Waals surface area contributed by atoms with Crippen molar-refractivity contribution in [3.8, 4) is 0 Å². The Morgan fingerprint density at radius 2 is 2.06 bits per heavy atom. The standard InChI is InChI=1S/C14H21ClN2/c1-2-7-16-11-12-10-13(15)5-6-14(12)17-8-3-4-9-17/h5-6,10,16H,2-4,7-9,11H2,1H3. The van der Waals surface area contributed by atoms with Crippen molar-refractivity contribution in [2.24, 2.45) is 0 Å². The van der Waals surface area contributed by atoms with Gasteiger partial charge in [0.1, 0.15) is 0 Å². The van der Waals surface area contributed by atoms with Crippen LogP contribution < -0.4 is 10.2 Å². The van der Waals surface area contributed by atoms with Crippen molar-refractivity contribution in [1.29, 1.82) is 0 Å². The molecule has 0 saturated carbocycles. The van der Waals surface area contributed by atoms with E-state index in [1.807, 2.05) is 6.07 Å². The topological polar surface area (TPSA) is 15.3 Å². The van der Waals surface area contributed by atoms with Crippen LogP contribution in [0.5, 0.6) is 0 Å². The van der Waals surface area contributed by atoms with Crippen molar-refractivity contribution < 1.29 is 0 Å². The molecule has 1 fully saturated rings. The molecule has 17 heavy (non-hydrogen) atoms. The number of nitrogens with zero attached hydrogens (tertiary/aromatic N) is 1. The van der Waals surface area contributed by atoms with Gasteiger partial charge in [0.05, 0.1) is 0 Å². The molecule has 1 aliphatic heterocycles. The van der Waals surface area contributed by atoms with E-state index in [-0.39, 0.29) is 0 Å². The third kappa shape index (κ3) is 3.36. The highest BCUT2D eigenvalue weighted by Gasteiger charge is 2.15. The fourth-order valence-corrected chi connectivity index (χ4v) is 2.56. The van der Waals surface area contributed by atoms with Crippen LogP contribution >= 0.6 is 11.6 Å². The lowest BCUT2D eigenvalue weighted by atomic mass is 10.1. The maximum Gasteiger partial charge on any atom is 0.0412 e. The number of rotatable bonds is 5. The van der Waals surface area contributed by atoms with Gasteiger partial charge in [0, 0.05) is 30.3 Å². The number of benzene rings is 1. The molecule has 1 saturated heterocycles. The zero-order valence-electron chi connectivity index (χ0n) is 10.5. The molecule has 0 aromatic heterocycles. The van der Waals surface area contributed by atoms with E-state index in [1.54, 1.807) is 0 Å². The molecule has 1 N–H and O–H groups in total. The van der Waals surface area contributed by atoms with Gasteiger partial charge in [0.2, 0.25) is 0 Å². The fraction of sp³-hybridized carbons (Fsp3) is 0.571. The number of hydrogen-bond donors (Lipinski definition) is 1. The molecule has 94 valence electrons. The zero-order chi connectivity index (χ0) is 12.1. The molecule has 0 bridgehead atoms. The molecule has 2 nitrogen and oxygen atoms in total. The maximum atomic E-state index is 6.09. The number of anilines is 1. The highest BCUT2D eigenvalue weighted by Crippen LogP contribution is 2.27. The molecule has 0 radical (unpaired) electrons. The molecule has 1 aromatic rings. The first-order valence-electron chi connectivity index (χ1n) is 6.55. The summed E-state index contributed by atoms with van der Waals surface area (Å²) in [5, 5.41) is 4.29. The predicted octanol–water partition coefficient (Wildman–Crippen LogP) is 3.44. The minimum Gasteiger partial charge on any atom is -0.371 e. The highest BCUT2D eigenvalue weighted by atomic mass is 35.5. The summed E-state index contributed by atoms with van der Waals surface area (Å²) < 4.78 is 0. The van der Waals surface area contributed by atoms with Gasteiger partial charge in [-0.15, -0.1) is 0 Å². The summed E-state index contributed by atoms with van der Waals surface area (Å²) >= 11 is 6.09. The first-order valence-corrected chi connectivity index (χ1v) is 6.93. The SMILES string of the molecule is CCCNCc1cc(Cl)ccc1N1CCCC1. The molecule has 0 spiro atoms. The summed E-state index contributed by atoms with van der Waals surface area (Å²) in [6, 6.07) is 6.26. The van der Waals surface area contributed by atoms with Crippen molar-refractivity contribution in [3.05, 3.63) is 28.8 Å². The van der Waals surface area contributed by atoms with Crippen LogP contribution in [0, 0.1) is 0 Å². The first-order chi connectivity index (χ1) is 8.31. The molecule has 1 aromatic carbocycles. The summed E-state index contributed by atoms with van der Waals surface area (Å²) in [7, 11) is 0. The molecule has 3 heteroatoms. The summed E-state index contributed by atoms with van der Waals surface area (Å²) in [4.78, 5) is 2.47. The van der Waals surface area contributed by atoms with Gasteiger partial charge < -0.3 is 10.2 Å². The van der Waals surface area contributed by atoms with Gasteiger partial charge in [-0.25, -0.2) is 0 Å². The Kier molecular flexibility index (Phi) is 4.69. The van der Waals surface area contributed by atoms with Crippen molar-refractivity contribution in [3.63, 3.8) is 0 Å². The molecule has 0 atom stereocenters. The predicted molar refractivity (Wildman–Crippen MR) is 74.9 cm³/mol. The second kappa shape index (κ2) is 6.27. The summed E-state index contributed by atoms with van der Waals surface area (Å²) in [5.74, 6) is 0. The van der Waals surface area contributed by atoms with E-state index in [4.69, 9.17) is 11.6 Å². The smallest absolute Gasteiger partial charge is 0.0412 e. The Bertz CT molecular complexity index is 359. The normalized spacial score (nSPS) is 15.5. The van der Waals surface area contributed by atoms with Crippen LogP contribution in [0.1, 0.15) is 31.7 Å². The highest BCUT2D eigenvalue weighted by molar-refractivity contribution is 6.30. The van der Waals surface area contributed by atoms with Crippen LogP contribution in [-0.2, 0) is 6.54 Å². The summed E-state index contributed by atoms with van der Waals surface area (Å²) in [6.07, 6.45) is 3.79. The monoisotopic (exact) mass is 252 g/mol. The Morgan fingerprint density at radius 1 is 1.29 bits per heavy atom. The quantitative estimate of drug-likeness (QED) is 0.808. The molecule has 2 rings (SSSR count). The van der Waals surface area contributed by atoms with Gasteiger partial charge in [0.15, 0.2) is 0 Å². The van der Waals surface area contributed by atoms with E-state index in [0.29, 0.717) is 0 Å². The fourth-order valence-electron chi connectivity index (χ4n) is 2.36. The number of hydrogen-bond acceptors (Lipinski definition) is 2. The summed E-state index contributed by atoms with van der Waals surface area (Å²) in [5.41, 5.74) is 2.68. The van der Waals surface area contributed by atoms with E-state index < -0.39 is 0 Å². The molecule has 1 heterocycles. The van der Waals surface area contributed by atoms with Crippen LogP contribution in [0.25, 0.3) is 0 Å². The van der Waals surface area contributed by atoms with Crippen LogP contribution in [0.15, 0.2) is 18.2 Å². The van der Waals surface area contributed by atoms with Crippen molar-refractivity contribution in [1.82, 2.24) is 5.32 Å². The van der Waals surface area contributed by atoms with E-state index in [0.717, 1.165) is 18.1 Å². The minimum absolute atomic E-state index is 0.834. The van der Waals surface area contributed by atoms with Crippen LogP contribution in [0.4, 0.5) is 5.69 Å². The van der Waals surface area contributed by atoms with Crippen LogP contribution in [0.2, 0.25) is 5.02 Å². The maximum absolute atomic E-state index is 6.09. The van der Waals surface area contributed by atoms with Gasteiger partial charge in [-0.1, -0.05) is 18.5 Å². The van der Waals surface area contributed by atoms with Gasteiger partial charge >= 0.3 is 0 Å². The van der Waals surface area contributed by atoms with Crippen molar-refractivity contribution in [2.75, 3.05) is 24.5 Å². The molecule has 0 unspecified atom stereocenters. The Labute approximate surface area is 109 Å². The molecular formula is C14H21ClN2. The second-order valence-electron chi connectivity index (χ2n) is 4.64. The van der Waals surface area contributed by atoms with Gasteiger partial charge in [0.25, 0.3) is 0 Å². The average Bonchev–Trinajstić information content (AvgIpc) is 2.83. The Morgan fingerprint density at radius 3 is 2.76 bits per heavy atom. The lowest BCUT2D eigenvalue weighted by Gasteiger charge is -2.22. The molecule has 0 amide bonds. The second-order valence-corrected chi connectivity index (χ2v) is 5.08. The lowest BCUT2D eigenvalue weighted by molar-refractivity contribution is 0.674. The molecular weight excluding hydrogens is 232 g/mol. The van der Waals surface area contributed by atoms with Crippen molar-refractivity contribution >= 4 is 17.3 Å².